The van der Waals surface area contributed by atoms with Gasteiger partial charge in [-0.25, -0.2) is 0 Å². The van der Waals surface area contributed by atoms with E-state index in [1.165, 1.54) is 32.9 Å². The molecule has 6 heteroatoms. The van der Waals surface area contributed by atoms with Crippen molar-refractivity contribution < 1.29 is 18.9 Å². The van der Waals surface area contributed by atoms with Crippen molar-refractivity contribution in [1.29, 1.82) is 0 Å². The molecule has 0 bridgehead atoms. The minimum Gasteiger partial charge on any atom is -0.371 e. The van der Waals surface area contributed by atoms with Crippen LogP contribution in [-0.2, 0) is 18.9 Å². The molecular formula is C26H28N2O4. The predicted molar refractivity (Wildman–Crippen MR) is 125 cm³/mol. The van der Waals surface area contributed by atoms with E-state index < -0.39 is 0 Å². The predicted octanol–water partition coefficient (Wildman–Crippen LogP) is 3.20. The van der Waals surface area contributed by atoms with Crippen LogP contribution in [0.3, 0.4) is 0 Å². The molecule has 0 aromatic heterocycles. The molecule has 0 saturated carbocycles. The monoisotopic (exact) mass is 432 g/mol. The van der Waals surface area contributed by atoms with Crippen LogP contribution in [0.25, 0.3) is 21.5 Å². The number of hydrogen-bond acceptors (Lipinski definition) is 6. The molecule has 4 saturated heterocycles. The molecule has 4 heterocycles. The van der Waals surface area contributed by atoms with Crippen LogP contribution in [0.15, 0.2) is 48.5 Å². The third-order valence-corrected chi connectivity index (χ3v) is 6.80. The molecule has 4 fully saturated rings. The van der Waals surface area contributed by atoms with E-state index in [0.29, 0.717) is 24.4 Å². The van der Waals surface area contributed by atoms with Crippen LogP contribution in [0.2, 0.25) is 0 Å². The lowest BCUT2D eigenvalue weighted by molar-refractivity contribution is 0.388. The molecule has 4 atom stereocenters. The lowest BCUT2D eigenvalue weighted by atomic mass is 10.0. The minimum atomic E-state index is 0.365. The number of ether oxygens (including phenoxy) is 4. The molecule has 7 rings (SSSR count). The third-order valence-electron chi connectivity index (χ3n) is 6.80. The van der Waals surface area contributed by atoms with Gasteiger partial charge in [0.05, 0.1) is 50.8 Å². The molecule has 4 aliphatic heterocycles. The fourth-order valence-corrected chi connectivity index (χ4v) is 4.61. The largest absolute Gasteiger partial charge is 0.371 e. The Labute approximate surface area is 187 Å². The van der Waals surface area contributed by atoms with Crippen molar-refractivity contribution in [3.8, 4) is 0 Å². The first-order chi connectivity index (χ1) is 15.8. The Kier molecular flexibility index (Phi) is 4.54. The lowest BCUT2D eigenvalue weighted by Gasteiger charge is -2.24. The summed E-state index contributed by atoms with van der Waals surface area (Å²) in [7, 11) is 0. The van der Waals surface area contributed by atoms with Crippen LogP contribution in [-0.4, -0.2) is 77.0 Å². The zero-order chi connectivity index (χ0) is 21.1. The van der Waals surface area contributed by atoms with E-state index in [1.54, 1.807) is 0 Å². The SMILES string of the molecule is c1cc2cc3cc(N(CC4CO4)CC4CO4)ccc3cc2cc1N(CC1CO1)CC1CO1. The first-order valence-electron chi connectivity index (χ1n) is 11.7. The highest BCUT2D eigenvalue weighted by Gasteiger charge is 2.32. The Hall–Kier alpha value is -2.38. The number of nitrogens with zero attached hydrogens (tertiary/aromatic N) is 2. The zero-order valence-corrected chi connectivity index (χ0v) is 18.1. The highest BCUT2D eigenvalue weighted by atomic mass is 16.6. The van der Waals surface area contributed by atoms with Gasteiger partial charge in [0.2, 0.25) is 0 Å². The van der Waals surface area contributed by atoms with Crippen molar-refractivity contribution >= 4 is 32.9 Å². The van der Waals surface area contributed by atoms with E-state index in [0.717, 1.165) is 52.6 Å². The molecule has 6 nitrogen and oxygen atoms in total. The van der Waals surface area contributed by atoms with Crippen LogP contribution in [0, 0.1) is 0 Å². The Morgan fingerprint density at radius 2 is 0.844 bits per heavy atom. The van der Waals surface area contributed by atoms with Crippen LogP contribution in [0.1, 0.15) is 0 Å². The van der Waals surface area contributed by atoms with Crippen molar-refractivity contribution in [2.45, 2.75) is 24.4 Å². The van der Waals surface area contributed by atoms with Crippen molar-refractivity contribution in [2.24, 2.45) is 0 Å². The molecule has 166 valence electrons. The van der Waals surface area contributed by atoms with E-state index in [1.807, 2.05) is 0 Å². The van der Waals surface area contributed by atoms with Crippen LogP contribution in [0.5, 0.6) is 0 Å². The molecule has 3 aromatic rings. The highest BCUT2D eigenvalue weighted by molar-refractivity contribution is 6.00. The first-order valence-corrected chi connectivity index (χ1v) is 11.7. The van der Waals surface area contributed by atoms with Crippen LogP contribution >= 0.6 is 0 Å². The summed E-state index contributed by atoms with van der Waals surface area (Å²) in [5.74, 6) is 0. The molecule has 32 heavy (non-hydrogen) atoms. The van der Waals surface area contributed by atoms with Gasteiger partial charge in [-0.1, -0.05) is 12.1 Å². The summed E-state index contributed by atoms with van der Waals surface area (Å²) in [6.07, 6.45) is 1.46. The molecule has 0 amide bonds. The number of benzene rings is 3. The highest BCUT2D eigenvalue weighted by Crippen LogP contribution is 2.32. The molecule has 3 aromatic carbocycles. The van der Waals surface area contributed by atoms with Crippen LogP contribution < -0.4 is 9.80 Å². The van der Waals surface area contributed by atoms with E-state index in [2.05, 4.69) is 58.3 Å². The average Bonchev–Trinajstić information content (AvgIpc) is 3.60. The summed E-state index contributed by atoms with van der Waals surface area (Å²) < 4.78 is 22.0. The summed E-state index contributed by atoms with van der Waals surface area (Å²) in [6, 6.07) is 18.2. The topological polar surface area (TPSA) is 56.6 Å². The second-order valence-electron chi connectivity index (χ2n) is 9.55. The number of epoxide rings is 4. The Bertz CT molecular complexity index is 1030. The zero-order valence-electron chi connectivity index (χ0n) is 18.1. The second-order valence-corrected chi connectivity index (χ2v) is 9.55. The van der Waals surface area contributed by atoms with E-state index in [-0.39, 0.29) is 0 Å². The molecule has 4 unspecified atom stereocenters. The minimum absolute atomic E-state index is 0.365. The van der Waals surface area contributed by atoms with Gasteiger partial charge in [0.1, 0.15) is 0 Å². The maximum atomic E-state index is 5.49. The Morgan fingerprint density at radius 3 is 1.16 bits per heavy atom. The molecule has 0 spiro atoms. The fraction of sp³-hybridized carbons (Fsp3) is 0.462. The van der Waals surface area contributed by atoms with Gasteiger partial charge in [0.15, 0.2) is 0 Å². The van der Waals surface area contributed by atoms with Crippen molar-refractivity contribution in [1.82, 2.24) is 0 Å². The van der Waals surface area contributed by atoms with Crippen molar-refractivity contribution in [2.75, 3.05) is 62.4 Å². The standard InChI is InChI=1S/C26H28N2O4/c1-3-21(27(9-23-13-29-23)10-24-14-30-24)7-19-6-18-2-4-22(8-20(18)5-17(1)19)28(11-25-15-31-25)12-26-16-32-26/h1-8,23-26H,9-16H2. The van der Waals surface area contributed by atoms with E-state index in [4.69, 9.17) is 18.9 Å². The number of hydrogen-bond donors (Lipinski definition) is 0. The summed E-state index contributed by atoms with van der Waals surface area (Å²) >= 11 is 0. The molecule has 0 radical (unpaired) electrons. The molecular weight excluding hydrogens is 404 g/mol. The maximum absolute atomic E-state index is 5.49. The van der Waals surface area contributed by atoms with E-state index in [9.17, 15) is 0 Å². The maximum Gasteiger partial charge on any atom is 0.0984 e. The Balaban J connectivity index is 1.19. The Morgan fingerprint density at radius 1 is 0.500 bits per heavy atom. The summed E-state index contributed by atoms with van der Waals surface area (Å²) in [5.41, 5.74) is 2.50. The normalized spacial score (nSPS) is 27.5. The third kappa shape index (κ3) is 4.28. The van der Waals surface area contributed by atoms with Gasteiger partial charge in [0.25, 0.3) is 0 Å². The van der Waals surface area contributed by atoms with Gasteiger partial charge in [-0.15, -0.1) is 0 Å². The summed E-state index contributed by atoms with van der Waals surface area (Å²) in [6.45, 7) is 7.25. The van der Waals surface area contributed by atoms with E-state index >= 15 is 0 Å². The second kappa shape index (κ2) is 7.59. The number of fused-ring (bicyclic) bond motifs is 2. The van der Waals surface area contributed by atoms with Crippen LogP contribution in [0.4, 0.5) is 11.4 Å². The molecule has 0 aliphatic carbocycles. The van der Waals surface area contributed by atoms with Crippen molar-refractivity contribution in [3.63, 3.8) is 0 Å². The van der Waals surface area contributed by atoms with Gasteiger partial charge >= 0.3 is 0 Å². The summed E-state index contributed by atoms with van der Waals surface area (Å²) in [4.78, 5) is 4.83. The van der Waals surface area contributed by atoms with Gasteiger partial charge < -0.3 is 28.7 Å². The first kappa shape index (κ1) is 19.1. The lowest BCUT2D eigenvalue weighted by Crippen LogP contribution is -2.31. The fourth-order valence-electron chi connectivity index (χ4n) is 4.61. The van der Waals surface area contributed by atoms with Crippen molar-refractivity contribution in [3.05, 3.63) is 48.5 Å². The van der Waals surface area contributed by atoms with Gasteiger partial charge in [-0.05, 0) is 57.9 Å². The number of anilines is 2. The van der Waals surface area contributed by atoms with Gasteiger partial charge in [0, 0.05) is 37.6 Å². The molecule has 4 aliphatic rings. The summed E-state index contributed by atoms with van der Waals surface area (Å²) in [5, 5.41) is 5.09. The van der Waals surface area contributed by atoms with Gasteiger partial charge in [-0.3, -0.25) is 0 Å². The van der Waals surface area contributed by atoms with Gasteiger partial charge in [-0.2, -0.15) is 0 Å². The average molecular weight is 433 g/mol. The molecule has 0 N–H and O–H groups in total. The quantitative estimate of drug-likeness (QED) is 0.362. The number of rotatable bonds is 10. The smallest absolute Gasteiger partial charge is 0.0984 e.